The second-order valence-electron chi connectivity index (χ2n) is 7.86. The lowest BCUT2D eigenvalue weighted by Crippen LogP contribution is -2.36. The molecule has 2 amide bonds. The minimum atomic E-state index is -0.483. The Morgan fingerprint density at radius 3 is 1.69 bits per heavy atom. The number of benzene rings is 3. The van der Waals surface area contributed by atoms with Crippen LogP contribution >= 0.6 is 0 Å². The van der Waals surface area contributed by atoms with E-state index in [2.05, 4.69) is 10.6 Å². The number of nitrogens with one attached hydrogen (secondary N) is 2. The molecule has 0 spiro atoms. The fourth-order valence-corrected chi connectivity index (χ4v) is 3.43. The van der Waals surface area contributed by atoms with Gasteiger partial charge in [0.05, 0.1) is 14.2 Å². The molecule has 3 aromatic carbocycles. The van der Waals surface area contributed by atoms with Gasteiger partial charge in [0.15, 0.2) is 0 Å². The van der Waals surface area contributed by atoms with Crippen LogP contribution in [-0.2, 0) is 22.4 Å². The van der Waals surface area contributed by atoms with Crippen LogP contribution in [-0.4, -0.2) is 44.2 Å². The Labute approximate surface area is 205 Å². The fourth-order valence-electron chi connectivity index (χ4n) is 3.43. The average molecular weight is 475 g/mol. The number of hydrogen-bond acceptors (Lipinski definition) is 5. The lowest BCUT2D eigenvalue weighted by atomic mass is 10.1. The molecule has 0 heterocycles. The molecule has 182 valence electrons. The molecule has 0 aliphatic carbocycles. The zero-order valence-electron chi connectivity index (χ0n) is 19.9. The third-order valence-corrected chi connectivity index (χ3v) is 5.39. The highest BCUT2D eigenvalue weighted by Gasteiger charge is 2.18. The Balaban J connectivity index is 1.63. The van der Waals surface area contributed by atoms with E-state index in [0.29, 0.717) is 31.5 Å². The summed E-state index contributed by atoms with van der Waals surface area (Å²) in [5, 5.41) is 15.4. The minimum Gasteiger partial charge on any atom is -0.508 e. The number of amides is 2. The van der Waals surface area contributed by atoms with Gasteiger partial charge in [0.1, 0.15) is 22.8 Å². The van der Waals surface area contributed by atoms with Gasteiger partial charge in [-0.1, -0.05) is 36.4 Å². The second-order valence-corrected chi connectivity index (χ2v) is 7.86. The van der Waals surface area contributed by atoms with E-state index in [0.717, 1.165) is 22.6 Å². The Kier molecular flexibility index (Phi) is 9.31. The van der Waals surface area contributed by atoms with Gasteiger partial charge >= 0.3 is 0 Å². The summed E-state index contributed by atoms with van der Waals surface area (Å²) in [6.45, 7) is 0.726. The monoisotopic (exact) mass is 474 g/mol. The van der Waals surface area contributed by atoms with Crippen LogP contribution < -0.4 is 20.1 Å². The molecule has 0 atom stereocenters. The van der Waals surface area contributed by atoms with Crippen molar-refractivity contribution >= 4 is 17.9 Å². The molecule has 3 rings (SSSR count). The van der Waals surface area contributed by atoms with Crippen LogP contribution in [0.25, 0.3) is 6.08 Å². The predicted molar refractivity (Wildman–Crippen MR) is 135 cm³/mol. The summed E-state index contributed by atoms with van der Waals surface area (Å²) in [7, 11) is 3.22. The number of carbonyl (C=O) groups excluding carboxylic acids is 2. The summed E-state index contributed by atoms with van der Waals surface area (Å²) in [6, 6.07) is 21.6. The number of carbonyl (C=O) groups is 2. The molecule has 0 fully saturated rings. The Bertz CT molecular complexity index is 1090. The van der Waals surface area contributed by atoms with Gasteiger partial charge in [0.25, 0.3) is 11.8 Å². The molecule has 7 nitrogen and oxygen atoms in total. The summed E-state index contributed by atoms with van der Waals surface area (Å²) < 4.78 is 10.3. The summed E-state index contributed by atoms with van der Waals surface area (Å²) in [4.78, 5) is 25.9. The van der Waals surface area contributed by atoms with Crippen molar-refractivity contribution in [2.24, 2.45) is 0 Å². The first-order valence-corrected chi connectivity index (χ1v) is 11.3. The number of methoxy groups -OCH3 is 2. The molecular weight excluding hydrogens is 444 g/mol. The van der Waals surface area contributed by atoms with Gasteiger partial charge in [-0.2, -0.15) is 0 Å². The molecule has 0 aliphatic heterocycles. The zero-order valence-corrected chi connectivity index (χ0v) is 19.9. The molecule has 0 saturated carbocycles. The van der Waals surface area contributed by atoms with E-state index in [1.165, 1.54) is 18.2 Å². The third kappa shape index (κ3) is 7.92. The number of rotatable bonds is 11. The number of ether oxygens (including phenoxy) is 2. The lowest BCUT2D eigenvalue weighted by molar-refractivity contribution is -0.123. The van der Waals surface area contributed by atoms with Crippen LogP contribution in [0.2, 0.25) is 0 Å². The summed E-state index contributed by atoms with van der Waals surface area (Å²) in [5.41, 5.74) is 2.60. The first-order valence-electron chi connectivity index (χ1n) is 11.3. The van der Waals surface area contributed by atoms with Crippen molar-refractivity contribution < 1.29 is 24.2 Å². The number of hydrogen-bond donors (Lipinski definition) is 3. The minimum absolute atomic E-state index is 0.0277. The van der Waals surface area contributed by atoms with E-state index in [4.69, 9.17) is 9.47 Å². The maximum atomic E-state index is 12.9. The molecular formula is C28H30N2O5. The van der Waals surface area contributed by atoms with Crippen LogP contribution in [0, 0.1) is 0 Å². The molecule has 0 saturated heterocycles. The van der Waals surface area contributed by atoms with E-state index in [-0.39, 0.29) is 11.3 Å². The zero-order chi connectivity index (χ0) is 25.0. The number of phenolic OH excluding ortho intramolecular Hbond substituents is 1. The topological polar surface area (TPSA) is 96.9 Å². The normalized spacial score (nSPS) is 10.2. The summed E-state index contributed by atoms with van der Waals surface area (Å²) >= 11 is 0. The van der Waals surface area contributed by atoms with Gasteiger partial charge in [0.2, 0.25) is 0 Å². The van der Waals surface area contributed by atoms with E-state index < -0.39 is 11.8 Å². The average Bonchev–Trinajstić information content (AvgIpc) is 2.88. The van der Waals surface area contributed by atoms with Crippen molar-refractivity contribution in [2.45, 2.75) is 12.8 Å². The van der Waals surface area contributed by atoms with Gasteiger partial charge in [-0.05, 0) is 72.0 Å². The first-order chi connectivity index (χ1) is 17.0. The van der Waals surface area contributed by atoms with Gasteiger partial charge < -0.3 is 25.2 Å². The van der Waals surface area contributed by atoms with Crippen LogP contribution in [0.5, 0.6) is 17.2 Å². The molecule has 0 aromatic heterocycles. The molecule has 0 aliphatic rings. The molecule has 0 bridgehead atoms. The second kappa shape index (κ2) is 12.8. The Hall–Kier alpha value is -4.26. The van der Waals surface area contributed by atoms with Crippen molar-refractivity contribution in [3.63, 3.8) is 0 Å². The van der Waals surface area contributed by atoms with Crippen LogP contribution in [0.1, 0.15) is 16.7 Å². The maximum absolute atomic E-state index is 12.9. The largest absolute Gasteiger partial charge is 0.508 e. The predicted octanol–water partition coefficient (Wildman–Crippen LogP) is 3.51. The Morgan fingerprint density at radius 1 is 0.771 bits per heavy atom. The van der Waals surface area contributed by atoms with Crippen molar-refractivity contribution in [1.82, 2.24) is 10.6 Å². The molecule has 7 heteroatoms. The van der Waals surface area contributed by atoms with Crippen molar-refractivity contribution in [3.8, 4) is 17.2 Å². The van der Waals surface area contributed by atoms with E-state index >= 15 is 0 Å². The highest BCUT2D eigenvalue weighted by Crippen LogP contribution is 2.15. The van der Waals surface area contributed by atoms with Crippen LogP contribution in [0.4, 0.5) is 0 Å². The smallest absolute Gasteiger partial charge is 0.256 e. The van der Waals surface area contributed by atoms with Gasteiger partial charge in [-0.15, -0.1) is 0 Å². The molecule has 0 radical (unpaired) electrons. The van der Waals surface area contributed by atoms with Crippen LogP contribution in [0.15, 0.2) is 78.4 Å². The molecule has 3 aromatic rings. The molecule has 35 heavy (non-hydrogen) atoms. The highest BCUT2D eigenvalue weighted by molar-refractivity contribution is 6.21. The first kappa shape index (κ1) is 25.4. The third-order valence-electron chi connectivity index (χ3n) is 5.39. The fraction of sp³-hybridized carbons (Fsp3) is 0.214. The van der Waals surface area contributed by atoms with E-state index in [9.17, 15) is 14.7 Å². The maximum Gasteiger partial charge on any atom is 0.256 e. The van der Waals surface area contributed by atoms with Crippen molar-refractivity contribution in [2.75, 3.05) is 27.3 Å². The quantitative estimate of drug-likeness (QED) is 0.225. The van der Waals surface area contributed by atoms with Gasteiger partial charge in [-0.25, -0.2) is 0 Å². The number of aromatic hydroxyl groups is 1. The summed E-state index contributed by atoms with van der Waals surface area (Å²) in [5.74, 6) is 0.617. The highest BCUT2D eigenvalue weighted by atomic mass is 16.5. The SMILES string of the molecule is COc1ccc(CCNC(=O)C(=Cc2cccc(O)c2)C(=O)NCCc2ccc(OC)cc2)cc1. The molecule has 3 N–H and O–H groups in total. The lowest BCUT2D eigenvalue weighted by Gasteiger charge is -2.11. The van der Waals surface area contributed by atoms with E-state index in [1.807, 2.05) is 48.5 Å². The van der Waals surface area contributed by atoms with Crippen LogP contribution in [0.3, 0.4) is 0 Å². The standard InChI is InChI=1S/C28H30N2O5/c1-34-24-10-6-20(7-11-24)14-16-29-27(32)26(19-22-4-3-5-23(31)18-22)28(33)30-17-15-21-8-12-25(35-2)13-9-21/h3-13,18-19,31H,14-17H2,1-2H3,(H,29,32)(H,30,33). The van der Waals surface area contributed by atoms with Crippen molar-refractivity contribution in [1.29, 1.82) is 0 Å². The summed E-state index contributed by atoms with van der Waals surface area (Å²) in [6.07, 6.45) is 2.69. The van der Waals surface area contributed by atoms with Crippen molar-refractivity contribution in [3.05, 3.63) is 95.1 Å². The Morgan fingerprint density at radius 2 is 1.26 bits per heavy atom. The van der Waals surface area contributed by atoms with Gasteiger partial charge in [0, 0.05) is 13.1 Å². The van der Waals surface area contributed by atoms with E-state index in [1.54, 1.807) is 26.4 Å². The molecule has 0 unspecified atom stereocenters. The van der Waals surface area contributed by atoms with Gasteiger partial charge in [-0.3, -0.25) is 9.59 Å². The number of phenols is 1.